The fourth-order valence-electron chi connectivity index (χ4n) is 2.89. The van der Waals surface area contributed by atoms with Crippen molar-refractivity contribution in [2.45, 2.75) is 12.8 Å². The Morgan fingerprint density at radius 1 is 0.929 bits per heavy atom. The number of carbonyl (C=O) groups is 2. The van der Waals surface area contributed by atoms with Crippen LogP contribution in [0.1, 0.15) is 12.8 Å². The Morgan fingerprint density at radius 3 is 2.00 bits per heavy atom. The predicted octanol–water partition coefficient (Wildman–Crippen LogP) is 3.21. The molecule has 0 saturated heterocycles. The van der Waals surface area contributed by atoms with E-state index in [-0.39, 0.29) is 5.69 Å². The molecule has 0 heterocycles. The smallest absolute Gasteiger partial charge is 0.240 e. The number of halogens is 1. The van der Waals surface area contributed by atoms with Crippen molar-refractivity contribution in [3.05, 3.63) is 42.2 Å². The van der Waals surface area contributed by atoms with Gasteiger partial charge in [0.05, 0.1) is 27.0 Å². The lowest BCUT2D eigenvalue weighted by molar-refractivity contribution is -0.131. The number of anilines is 2. The van der Waals surface area contributed by atoms with E-state index in [0.717, 1.165) is 0 Å². The SMILES string of the molecule is COc1cc(NC(=O)C2(C(=O)Nc3ccccc3F)CC2)cc(OC)c1OC. The summed E-state index contributed by atoms with van der Waals surface area (Å²) < 4.78 is 29.6. The van der Waals surface area contributed by atoms with Gasteiger partial charge in [0.1, 0.15) is 11.2 Å². The van der Waals surface area contributed by atoms with Gasteiger partial charge in [-0.2, -0.15) is 0 Å². The minimum absolute atomic E-state index is 0.0411. The predicted molar refractivity (Wildman–Crippen MR) is 101 cm³/mol. The van der Waals surface area contributed by atoms with Crippen LogP contribution < -0.4 is 24.8 Å². The largest absolute Gasteiger partial charge is 0.493 e. The number of para-hydroxylation sites is 1. The normalized spacial score (nSPS) is 14.0. The fraction of sp³-hybridized carbons (Fsp3) is 0.300. The Bertz CT molecular complexity index is 886. The minimum Gasteiger partial charge on any atom is -0.493 e. The summed E-state index contributed by atoms with van der Waals surface area (Å²) in [6.45, 7) is 0. The van der Waals surface area contributed by atoms with Gasteiger partial charge in [-0.15, -0.1) is 0 Å². The van der Waals surface area contributed by atoms with Crippen LogP contribution >= 0.6 is 0 Å². The molecule has 2 aromatic rings. The average molecular weight is 388 g/mol. The lowest BCUT2D eigenvalue weighted by atomic mass is 10.0. The van der Waals surface area contributed by atoms with Crippen LogP contribution in [-0.2, 0) is 9.59 Å². The van der Waals surface area contributed by atoms with Crippen LogP contribution in [0.4, 0.5) is 15.8 Å². The van der Waals surface area contributed by atoms with Crippen molar-refractivity contribution in [1.29, 1.82) is 0 Å². The van der Waals surface area contributed by atoms with Crippen LogP contribution in [0.25, 0.3) is 0 Å². The number of rotatable bonds is 7. The van der Waals surface area contributed by atoms with Crippen LogP contribution in [0, 0.1) is 11.2 Å². The quantitative estimate of drug-likeness (QED) is 0.712. The molecule has 0 atom stereocenters. The molecule has 148 valence electrons. The van der Waals surface area contributed by atoms with Crippen molar-refractivity contribution < 1.29 is 28.2 Å². The van der Waals surface area contributed by atoms with E-state index in [4.69, 9.17) is 14.2 Å². The van der Waals surface area contributed by atoms with Crippen LogP contribution in [0.15, 0.2) is 36.4 Å². The fourth-order valence-corrected chi connectivity index (χ4v) is 2.89. The number of ether oxygens (including phenoxy) is 3. The molecule has 7 nitrogen and oxygen atoms in total. The van der Waals surface area contributed by atoms with Crippen LogP contribution in [0.2, 0.25) is 0 Å². The molecule has 0 spiro atoms. The number of carbonyl (C=O) groups excluding carboxylic acids is 2. The van der Waals surface area contributed by atoms with E-state index in [9.17, 15) is 14.0 Å². The molecule has 1 saturated carbocycles. The zero-order valence-corrected chi connectivity index (χ0v) is 15.8. The lowest BCUT2D eigenvalue weighted by Gasteiger charge is -2.18. The summed E-state index contributed by atoms with van der Waals surface area (Å²) in [5.74, 6) is -0.438. The second kappa shape index (κ2) is 7.75. The zero-order chi connectivity index (χ0) is 20.3. The van der Waals surface area contributed by atoms with Gasteiger partial charge in [-0.3, -0.25) is 9.59 Å². The molecule has 28 heavy (non-hydrogen) atoms. The number of amides is 2. The highest BCUT2D eigenvalue weighted by Gasteiger charge is 2.56. The highest BCUT2D eigenvalue weighted by atomic mass is 19.1. The van der Waals surface area contributed by atoms with E-state index in [1.54, 1.807) is 18.2 Å². The van der Waals surface area contributed by atoms with Gasteiger partial charge in [0.15, 0.2) is 11.5 Å². The maximum Gasteiger partial charge on any atom is 0.240 e. The van der Waals surface area contributed by atoms with Crippen LogP contribution in [0.3, 0.4) is 0 Å². The van der Waals surface area contributed by atoms with Crippen molar-refractivity contribution in [3.8, 4) is 17.2 Å². The van der Waals surface area contributed by atoms with Gasteiger partial charge in [-0.25, -0.2) is 4.39 Å². The van der Waals surface area contributed by atoms with E-state index < -0.39 is 23.0 Å². The molecule has 0 aliphatic heterocycles. The summed E-state index contributed by atoms with van der Waals surface area (Å²) in [6, 6.07) is 8.96. The maximum absolute atomic E-state index is 13.8. The standard InChI is InChI=1S/C20H21FN2O5/c1-26-15-10-12(11-16(27-2)17(15)28-3)22-18(24)20(8-9-20)19(25)23-14-7-5-4-6-13(14)21/h4-7,10-11H,8-9H2,1-3H3,(H,22,24)(H,23,25). The Hall–Kier alpha value is -3.29. The second-order valence-electron chi connectivity index (χ2n) is 6.38. The molecule has 2 N–H and O–H groups in total. The van der Waals surface area contributed by atoms with Gasteiger partial charge in [0.2, 0.25) is 17.6 Å². The number of methoxy groups -OCH3 is 3. The van der Waals surface area contributed by atoms with Gasteiger partial charge >= 0.3 is 0 Å². The summed E-state index contributed by atoms with van der Waals surface area (Å²) >= 11 is 0. The minimum atomic E-state index is -1.23. The van der Waals surface area contributed by atoms with Crippen molar-refractivity contribution in [1.82, 2.24) is 0 Å². The molecule has 2 amide bonds. The highest BCUT2D eigenvalue weighted by molar-refractivity contribution is 6.17. The molecule has 1 aliphatic rings. The van der Waals surface area contributed by atoms with E-state index in [1.807, 2.05) is 0 Å². The Labute approximate surface area is 161 Å². The van der Waals surface area contributed by atoms with Gasteiger partial charge in [0, 0.05) is 17.8 Å². The van der Waals surface area contributed by atoms with E-state index >= 15 is 0 Å². The third-order valence-corrected chi connectivity index (χ3v) is 4.66. The summed E-state index contributed by atoms with van der Waals surface area (Å²) in [5, 5.41) is 5.22. The summed E-state index contributed by atoms with van der Waals surface area (Å²) in [4.78, 5) is 25.4. The molecule has 0 aromatic heterocycles. The van der Waals surface area contributed by atoms with Gasteiger partial charge < -0.3 is 24.8 Å². The Kier molecular flexibility index (Phi) is 5.39. The average Bonchev–Trinajstić information content (AvgIpc) is 3.51. The van der Waals surface area contributed by atoms with Crippen LogP contribution in [-0.4, -0.2) is 33.1 Å². The third kappa shape index (κ3) is 3.58. The first-order chi connectivity index (χ1) is 13.4. The van der Waals surface area contributed by atoms with Gasteiger partial charge in [0.25, 0.3) is 0 Å². The van der Waals surface area contributed by atoms with E-state index in [0.29, 0.717) is 35.8 Å². The number of hydrogen-bond acceptors (Lipinski definition) is 5. The summed E-state index contributed by atoms with van der Waals surface area (Å²) in [6.07, 6.45) is 0.757. The molecule has 3 rings (SSSR count). The molecule has 8 heteroatoms. The Balaban J connectivity index is 1.79. The second-order valence-corrected chi connectivity index (χ2v) is 6.38. The molecule has 2 aromatic carbocycles. The van der Waals surface area contributed by atoms with Gasteiger partial charge in [-0.1, -0.05) is 12.1 Å². The maximum atomic E-state index is 13.8. The first-order valence-electron chi connectivity index (χ1n) is 8.62. The van der Waals surface area contributed by atoms with E-state index in [2.05, 4.69) is 10.6 Å². The van der Waals surface area contributed by atoms with E-state index in [1.165, 1.54) is 39.5 Å². The number of nitrogens with one attached hydrogen (secondary N) is 2. The molecule has 1 aliphatic carbocycles. The Morgan fingerprint density at radius 2 is 1.50 bits per heavy atom. The zero-order valence-electron chi connectivity index (χ0n) is 15.8. The number of benzene rings is 2. The van der Waals surface area contributed by atoms with Crippen molar-refractivity contribution in [2.75, 3.05) is 32.0 Å². The molecular weight excluding hydrogens is 367 g/mol. The summed E-state index contributed by atoms with van der Waals surface area (Å²) in [5.41, 5.74) is -0.799. The highest BCUT2D eigenvalue weighted by Crippen LogP contribution is 2.48. The molecular formula is C20H21FN2O5. The van der Waals surface area contributed by atoms with Crippen molar-refractivity contribution in [3.63, 3.8) is 0 Å². The number of hydrogen-bond donors (Lipinski definition) is 2. The topological polar surface area (TPSA) is 85.9 Å². The monoisotopic (exact) mass is 388 g/mol. The third-order valence-electron chi connectivity index (χ3n) is 4.66. The van der Waals surface area contributed by atoms with Crippen molar-refractivity contribution >= 4 is 23.2 Å². The molecule has 0 radical (unpaired) electrons. The van der Waals surface area contributed by atoms with Gasteiger partial charge in [-0.05, 0) is 25.0 Å². The van der Waals surface area contributed by atoms with Crippen molar-refractivity contribution in [2.24, 2.45) is 5.41 Å². The molecule has 0 bridgehead atoms. The summed E-state index contributed by atoms with van der Waals surface area (Å²) in [7, 11) is 4.41. The first-order valence-corrected chi connectivity index (χ1v) is 8.62. The first kappa shape index (κ1) is 19.5. The lowest BCUT2D eigenvalue weighted by Crippen LogP contribution is -2.35. The molecule has 1 fully saturated rings. The molecule has 0 unspecified atom stereocenters. The van der Waals surface area contributed by atoms with Crippen LogP contribution in [0.5, 0.6) is 17.2 Å².